The van der Waals surface area contributed by atoms with Crippen LogP contribution in [0, 0.1) is 0 Å². The molecule has 0 aliphatic rings. The summed E-state index contributed by atoms with van der Waals surface area (Å²) in [6.45, 7) is 2.20. The van der Waals surface area contributed by atoms with Crippen LogP contribution in [0.25, 0.3) is 11.1 Å². The van der Waals surface area contributed by atoms with Gasteiger partial charge in [-0.25, -0.2) is 0 Å². The highest BCUT2D eigenvalue weighted by molar-refractivity contribution is 5.78. The fourth-order valence-corrected chi connectivity index (χ4v) is 2.01. The number of anilines is 1. The van der Waals surface area contributed by atoms with Crippen molar-refractivity contribution in [3.8, 4) is 11.1 Å². The van der Waals surface area contributed by atoms with Gasteiger partial charge in [0.15, 0.2) is 0 Å². The van der Waals surface area contributed by atoms with Gasteiger partial charge in [-0.3, -0.25) is 0 Å². The summed E-state index contributed by atoms with van der Waals surface area (Å²) in [7, 11) is 0. The first-order valence-corrected chi connectivity index (χ1v) is 5.75. The molecule has 2 rings (SSSR count). The van der Waals surface area contributed by atoms with Gasteiger partial charge in [0.1, 0.15) is 0 Å². The van der Waals surface area contributed by atoms with Crippen molar-refractivity contribution in [2.75, 3.05) is 5.73 Å². The second-order valence-corrected chi connectivity index (χ2v) is 3.99. The predicted molar refractivity (Wildman–Crippen MR) is 70.3 cm³/mol. The Labute approximate surface area is 96.9 Å². The third-order valence-corrected chi connectivity index (χ3v) is 2.79. The maximum atomic E-state index is 6.02. The first kappa shape index (κ1) is 10.7. The van der Waals surface area contributed by atoms with E-state index in [1.807, 2.05) is 18.2 Å². The lowest BCUT2D eigenvalue weighted by Gasteiger charge is -2.10. The molecule has 0 bridgehead atoms. The summed E-state index contributed by atoms with van der Waals surface area (Å²) in [5, 5.41) is 0. The van der Waals surface area contributed by atoms with Gasteiger partial charge in [-0.15, -0.1) is 0 Å². The van der Waals surface area contributed by atoms with E-state index in [-0.39, 0.29) is 0 Å². The van der Waals surface area contributed by atoms with Crippen molar-refractivity contribution in [1.29, 1.82) is 0 Å². The fourth-order valence-electron chi connectivity index (χ4n) is 2.01. The monoisotopic (exact) mass is 211 g/mol. The van der Waals surface area contributed by atoms with Crippen LogP contribution in [0.3, 0.4) is 0 Å². The average molecular weight is 211 g/mol. The Morgan fingerprint density at radius 1 is 0.875 bits per heavy atom. The standard InChI is InChI=1S/C15H17N/c1-2-7-12-8-3-4-9-13(12)14-10-5-6-11-15(14)16/h3-6,8-11H,2,7,16H2,1H3. The van der Waals surface area contributed by atoms with Crippen molar-refractivity contribution in [2.24, 2.45) is 0 Å². The molecular weight excluding hydrogens is 194 g/mol. The van der Waals surface area contributed by atoms with E-state index in [2.05, 4.69) is 37.3 Å². The molecule has 0 amide bonds. The van der Waals surface area contributed by atoms with Crippen LogP contribution in [0.15, 0.2) is 48.5 Å². The molecule has 0 saturated carbocycles. The number of para-hydroxylation sites is 1. The van der Waals surface area contributed by atoms with E-state index in [0.29, 0.717) is 0 Å². The first-order chi connectivity index (χ1) is 7.83. The maximum Gasteiger partial charge on any atom is 0.0393 e. The third-order valence-electron chi connectivity index (χ3n) is 2.79. The molecule has 0 saturated heterocycles. The Bertz CT molecular complexity index is 474. The smallest absolute Gasteiger partial charge is 0.0393 e. The van der Waals surface area contributed by atoms with Gasteiger partial charge in [0.05, 0.1) is 0 Å². The molecule has 0 unspecified atom stereocenters. The van der Waals surface area contributed by atoms with Crippen LogP contribution >= 0.6 is 0 Å². The molecule has 2 N–H and O–H groups in total. The number of hydrogen-bond acceptors (Lipinski definition) is 1. The topological polar surface area (TPSA) is 26.0 Å². The van der Waals surface area contributed by atoms with Crippen LogP contribution in [0.4, 0.5) is 5.69 Å². The summed E-state index contributed by atoms with van der Waals surface area (Å²) in [5.74, 6) is 0. The minimum Gasteiger partial charge on any atom is -0.398 e. The lowest BCUT2D eigenvalue weighted by atomic mass is 9.96. The molecule has 0 radical (unpaired) electrons. The van der Waals surface area contributed by atoms with Crippen LogP contribution in [0.5, 0.6) is 0 Å². The minimum absolute atomic E-state index is 0.853. The second kappa shape index (κ2) is 4.84. The maximum absolute atomic E-state index is 6.02. The van der Waals surface area contributed by atoms with E-state index in [9.17, 15) is 0 Å². The molecule has 16 heavy (non-hydrogen) atoms. The van der Waals surface area contributed by atoms with Crippen LogP contribution < -0.4 is 5.73 Å². The Morgan fingerprint density at radius 3 is 2.19 bits per heavy atom. The quantitative estimate of drug-likeness (QED) is 0.766. The van der Waals surface area contributed by atoms with E-state index >= 15 is 0 Å². The molecule has 0 atom stereocenters. The lowest BCUT2D eigenvalue weighted by Crippen LogP contribution is -1.93. The first-order valence-electron chi connectivity index (χ1n) is 5.75. The van der Waals surface area contributed by atoms with Crippen LogP contribution in [-0.4, -0.2) is 0 Å². The highest BCUT2D eigenvalue weighted by atomic mass is 14.6. The largest absolute Gasteiger partial charge is 0.398 e. The number of aryl methyl sites for hydroxylation is 1. The normalized spacial score (nSPS) is 10.3. The van der Waals surface area contributed by atoms with Gasteiger partial charge in [0, 0.05) is 11.3 Å². The highest BCUT2D eigenvalue weighted by Gasteiger charge is 2.05. The van der Waals surface area contributed by atoms with Gasteiger partial charge in [-0.1, -0.05) is 55.8 Å². The number of benzene rings is 2. The van der Waals surface area contributed by atoms with Gasteiger partial charge in [-0.2, -0.15) is 0 Å². The Kier molecular flexibility index (Phi) is 3.25. The number of rotatable bonds is 3. The van der Waals surface area contributed by atoms with Gasteiger partial charge in [-0.05, 0) is 23.6 Å². The molecule has 2 aromatic carbocycles. The van der Waals surface area contributed by atoms with Crippen LogP contribution in [0.1, 0.15) is 18.9 Å². The van der Waals surface area contributed by atoms with E-state index in [1.165, 1.54) is 11.1 Å². The SMILES string of the molecule is CCCc1ccccc1-c1ccccc1N. The van der Waals surface area contributed by atoms with Gasteiger partial charge in [0.25, 0.3) is 0 Å². The van der Waals surface area contributed by atoms with Crippen molar-refractivity contribution < 1.29 is 0 Å². The summed E-state index contributed by atoms with van der Waals surface area (Å²) in [4.78, 5) is 0. The van der Waals surface area contributed by atoms with E-state index in [4.69, 9.17) is 5.73 Å². The molecule has 2 aromatic rings. The fraction of sp³-hybridized carbons (Fsp3) is 0.200. The zero-order chi connectivity index (χ0) is 11.4. The highest BCUT2D eigenvalue weighted by Crippen LogP contribution is 2.29. The van der Waals surface area contributed by atoms with Gasteiger partial charge in [0.2, 0.25) is 0 Å². The van der Waals surface area contributed by atoms with Crippen LogP contribution in [0.2, 0.25) is 0 Å². The summed E-state index contributed by atoms with van der Waals surface area (Å²) in [6.07, 6.45) is 2.26. The van der Waals surface area contributed by atoms with Crippen molar-refractivity contribution in [2.45, 2.75) is 19.8 Å². The van der Waals surface area contributed by atoms with Crippen molar-refractivity contribution in [3.05, 3.63) is 54.1 Å². The lowest BCUT2D eigenvalue weighted by molar-refractivity contribution is 0.924. The van der Waals surface area contributed by atoms with Crippen molar-refractivity contribution in [1.82, 2.24) is 0 Å². The Hall–Kier alpha value is -1.76. The molecular formula is C15H17N. The number of hydrogen-bond donors (Lipinski definition) is 1. The molecule has 82 valence electrons. The van der Waals surface area contributed by atoms with E-state index < -0.39 is 0 Å². The minimum atomic E-state index is 0.853. The molecule has 0 heterocycles. The van der Waals surface area contributed by atoms with Crippen molar-refractivity contribution >= 4 is 5.69 Å². The molecule has 0 aromatic heterocycles. The molecule has 0 spiro atoms. The average Bonchev–Trinajstić information content (AvgIpc) is 2.31. The zero-order valence-corrected chi connectivity index (χ0v) is 9.61. The van der Waals surface area contributed by atoms with Gasteiger partial charge >= 0.3 is 0 Å². The predicted octanol–water partition coefficient (Wildman–Crippen LogP) is 3.89. The van der Waals surface area contributed by atoms with Gasteiger partial charge < -0.3 is 5.73 Å². The van der Waals surface area contributed by atoms with Crippen LogP contribution in [-0.2, 0) is 6.42 Å². The summed E-state index contributed by atoms with van der Waals surface area (Å²) < 4.78 is 0. The zero-order valence-electron chi connectivity index (χ0n) is 9.61. The Balaban J connectivity index is 2.51. The third kappa shape index (κ3) is 2.08. The molecule has 1 heteroatoms. The van der Waals surface area contributed by atoms with Crippen molar-refractivity contribution in [3.63, 3.8) is 0 Å². The summed E-state index contributed by atoms with van der Waals surface area (Å²) >= 11 is 0. The summed E-state index contributed by atoms with van der Waals surface area (Å²) in [5.41, 5.74) is 10.7. The summed E-state index contributed by atoms with van der Waals surface area (Å²) in [6, 6.07) is 16.5. The molecule has 0 aliphatic heterocycles. The molecule has 0 fully saturated rings. The number of nitrogens with two attached hydrogens (primary N) is 1. The van der Waals surface area contributed by atoms with E-state index in [0.717, 1.165) is 24.1 Å². The second-order valence-electron chi connectivity index (χ2n) is 3.99. The van der Waals surface area contributed by atoms with E-state index in [1.54, 1.807) is 0 Å². The number of nitrogen functional groups attached to an aromatic ring is 1. The Morgan fingerprint density at radius 2 is 1.50 bits per heavy atom. The molecule has 0 aliphatic carbocycles. The molecule has 1 nitrogen and oxygen atoms in total.